The van der Waals surface area contributed by atoms with E-state index in [1.807, 2.05) is 0 Å². The van der Waals surface area contributed by atoms with Gasteiger partial charge >= 0.3 is 12.2 Å². The number of aromatic nitrogens is 2. The van der Waals surface area contributed by atoms with Gasteiger partial charge in [0.25, 0.3) is 16.0 Å². The number of carbonyl (C=O) groups excluding carboxylic acids is 2. The predicted octanol–water partition coefficient (Wildman–Crippen LogP) is 6.34. The molecule has 3 aromatic rings. The number of alkyl halides is 3. The van der Waals surface area contributed by atoms with E-state index in [1.165, 1.54) is 0 Å². The summed E-state index contributed by atoms with van der Waals surface area (Å²) in [5, 5.41) is 11.1. The van der Waals surface area contributed by atoms with E-state index in [0.29, 0.717) is 23.4 Å². The molecule has 1 fully saturated rings. The lowest BCUT2D eigenvalue weighted by molar-refractivity contribution is -0.185. The number of nitrogens with zero attached hydrogens (tertiary/aromatic N) is 3. The van der Waals surface area contributed by atoms with Gasteiger partial charge in [-0.1, -0.05) is 5.16 Å². The molecule has 1 aliphatic rings. The van der Waals surface area contributed by atoms with Crippen LogP contribution in [-0.2, 0) is 15.5 Å². The molecule has 0 radical (unpaired) electrons. The van der Waals surface area contributed by atoms with Gasteiger partial charge in [0.1, 0.15) is 23.0 Å². The fraction of sp³-hybridized carbons (Fsp3) is 0.484. The number of urea groups is 1. The van der Waals surface area contributed by atoms with Crippen LogP contribution in [0.2, 0.25) is 0 Å². The molecule has 13 nitrogen and oxygen atoms in total. The van der Waals surface area contributed by atoms with Gasteiger partial charge in [0, 0.05) is 41.4 Å². The van der Waals surface area contributed by atoms with Crippen LogP contribution in [0.1, 0.15) is 70.6 Å². The zero-order valence-electron chi connectivity index (χ0n) is 27.9. The number of pyridine rings is 1. The lowest BCUT2D eigenvalue weighted by Gasteiger charge is -2.53. The van der Waals surface area contributed by atoms with Crippen LogP contribution in [0.3, 0.4) is 0 Å². The number of piperidine rings is 1. The number of benzene rings is 1. The van der Waals surface area contributed by atoms with Gasteiger partial charge in [-0.2, -0.15) is 21.6 Å². The van der Waals surface area contributed by atoms with Crippen molar-refractivity contribution in [2.24, 2.45) is 0 Å². The molecule has 264 valence electrons. The van der Waals surface area contributed by atoms with Crippen molar-refractivity contribution in [1.29, 1.82) is 0 Å². The van der Waals surface area contributed by atoms with Gasteiger partial charge in [-0.15, -0.1) is 0 Å². The maximum Gasteiger partial charge on any atom is 0.401 e. The molecule has 0 unspecified atom stereocenters. The summed E-state index contributed by atoms with van der Waals surface area (Å²) in [5.41, 5.74) is -1.28. The molecule has 0 atom stereocenters. The maximum absolute atomic E-state index is 13.2. The Balaban J connectivity index is 0.00000116. The minimum absolute atomic E-state index is 0.0202. The first-order valence-electron chi connectivity index (χ1n) is 14.7. The van der Waals surface area contributed by atoms with E-state index in [2.05, 4.69) is 65.7 Å². The summed E-state index contributed by atoms with van der Waals surface area (Å²) in [7, 11) is -1.53. The van der Waals surface area contributed by atoms with Crippen LogP contribution >= 0.6 is 0 Å². The Kier molecular flexibility index (Phi) is 11.2. The molecule has 0 saturated carbocycles. The molecule has 3 heterocycles. The Morgan fingerprint density at radius 1 is 0.979 bits per heavy atom. The highest BCUT2D eigenvalue weighted by molar-refractivity contribution is 7.85. The fourth-order valence-electron chi connectivity index (χ4n) is 5.02. The first-order chi connectivity index (χ1) is 21.9. The molecular formula is C31H41F3N6O7S. The Morgan fingerprint density at radius 2 is 1.50 bits per heavy atom. The summed E-state index contributed by atoms with van der Waals surface area (Å²) in [6.07, 6.45) is -0.550. The van der Waals surface area contributed by atoms with Gasteiger partial charge in [-0.25, -0.2) is 9.78 Å². The van der Waals surface area contributed by atoms with E-state index >= 15 is 0 Å². The van der Waals surface area contributed by atoms with Gasteiger partial charge in [0.2, 0.25) is 0 Å². The van der Waals surface area contributed by atoms with E-state index in [-0.39, 0.29) is 28.7 Å². The number of amides is 3. The van der Waals surface area contributed by atoms with Gasteiger partial charge in [0.15, 0.2) is 11.6 Å². The van der Waals surface area contributed by atoms with Crippen molar-refractivity contribution in [2.45, 2.75) is 83.2 Å². The van der Waals surface area contributed by atoms with Gasteiger partial charge in [0.05, 0.1) is 12.5 Å². The van der Waals surface area contributed by atoms with Crippen molar-refractivity contribution in [3.05, 3.63) is 60.1 Å². The average molecular weight is 699 g/mol. The Bertz CT molecular complexity index is 1660. The topological polar surface area (TPSA) is 176 Å². The van der Waals surface area contributed by atoms with Gasteiger partial charge < -0.3 is 19.9 Å². The number of anilines is 3. The number of carbonyl (C=O) groups is 2. The minimum Gasteiger partial charge on any atom is -0.489 e. The highest BCUT2D eigenvalue weighted by Gasteiger charge is 2.51. The van der Waals surface area contributed by atoms with Crippen LogP contribution in [0, 0.1) is 0 Å². The summed E-state index contributed by atoms with van der Waals surface area (Å²) >= 11 is 0. The highest BCUT2D eigenvalue weighted by Crippen LogP contribution is 2.41. The number of halogens is 3. The van der Waals surface area contributed by atoms with Crippen molar-refractivity contribution in [3.8, 4) is 5.75 Å². The van der Waals surface area contributed by atoms with Crippen LogP contribution in [0.5, 0.6) is 5.75 Å². The zero-order chi connectivity index (χ0) is 36.3. The smallest absolute Gasteiger partial charge is 0.401 e. The Hall–Kier alpha value is -4.22. The Morgan fingerprint density at radius 3 is 1.98 bits per heavy atom. The molecule has 17 heteroatoms. The molecule has 1 aromatic carbocycles. The lowest BCUT2D eigenvalue weighted by Crippen LogP contribution is -2.60. The van der Waals surface area contributed by atoms with E-state index in [4.69, 9.17) is 13.8 Å². The van der Waals surface area contributed by atoms with Gasteiger partial charge in [-0.05, 0) is 85.0 Å². The molecule has 3 amide bonds. The number of hydrogen-bond acceptors (Lipinski definition) is 9. The molecule has 4 rings (SSSR count). The third kappa shape index (κ3) is 10.4. The molecule has 1 saturated heterocycles. The fourth-order valence-corrected chi connectivity index (χ4v) is 5.02. The Labute approximate surface area is 277 Å². The summed E-state index contributed by atoms with van der Waals surface area (Å²) in [6.45, 7) is 10.7. The van der Waals surface area contributed by atoms with Gasteiger partial charge in [-0.3, -0.25) is 19.6 Å². The molecule has 0 bridgehead atoms. The summed E-state index contributed by atoms with van der Waals surface area (Å²) < 4.78 is 76.5. The molecule has 48 heavy (non-hydrogen) atoms. The van der Waals surface area contributed by atoms with Crippen LogP contribution in [0.25, 0.3) is 0 Å². The zero-order valence-corrected chi connectivity index (χ0v) is 28.7. The summed E-state index contributed by atoms with van der Waals surface area (Å²) in [6, 6.07) is 9.86. The highest BCUT2D eigenvalue weighted by atomic mass is 32.2. The monoisotopic (exact) mass is 698 g/mol. The third-order valence-corrected chi connectivity index (χ3v) is 8.02. The largest absolute Gasteiger partial charge is 0.489 e. The molecule has 4 N–H and O–H groups in total. The quantitative estimate of drug-likeness (QED) is 0.204. The van der Waals surface area contributed by atoms with Crippen molar-refractivity contribution >= 4 is 39.2 Å². The van der Waals surface area contributed by atoms with Crippen LogP contribution in [-0.4, -0.2) is 76.6 Å². The van der Waals surface area contributed by atoms with Crippen LogP contribution in [0.15, 0.2) is 53.2 Å². The van der Waals surface area contributed by atoms with E-state index in [9.17, 15) is 31.2 Å². The second-order valence-corrected chi connectivity index (χ2v) is 14.7. The maximum atomic E-state index is 13.2. The number of ether oxygens (including phenoxy) is 1. The number of likely N-dealkylation sites (tertiary alicyclic amines) is 1. The molecular weight excluding hydrogens is 657 g/mol. The number of hydrogen-bond donors (Lipinski definition) is 4. The minimum atomic E-state index is -4.56. The second-order valence-electron chi connectivity index (χ2n) is 13.3. The van der Waals surface area contributed by atoms with Crippen LogP contribution < -0.4 is 20.7 Å². The molecule has 0 spiro atoms. The van der Waals surface area contributed by atoms with E-state index < -0.39 is 39.4 Å². The predicted molar refractivity (Wildman–Crippen MR) is 174 cm³/mol. The first kappa shape index (κ1) is 38.2. The van der Waals surface area contributed by atoms with Crippen molar-refractivity contribution in [1.82, 2.24) is 15.0 Å². The SMILES string of the molecule is CN1C(C)(C)CC(Oc2ccc(C(=O)Nc3ccc(NC(=O)Nc4cc(C(C)(C)C(F)(F)F)on4)cc3)nc2)CC1(C)C.CS(=O)(=O)O. The standard InChI is InChI=1S/C30H37F3N6O4.CH4O3S/c1-27(2)15-21(16-28(3,4)39(27)7)42-20-12-13-22(34-17-20)25(40)35-18-8-10-19(11-9-18)36-26(41)37-24-14-23(43-38-24)29(5,6)30(31,32)33;1-5(2,3)4/h8-14,17,21H,15-16H2,1-7H3,(H,35,40)(H2,36,37,38,41);1H3,(H,2,3,4). The van der Waals surface area contributed by atoms with E-state index in [1.54, 1.807) is 42.6 Å². The van der Waals surface area contributed by atoms with E-state index in [0.717, 1.165) is 32.8 Å². The lowest BCUT2D eigenvalue weighted by atomic mass is 9.79. The third-order valence-electron chi connectivity index (χ3n) is 8.02. The molecule has 0 aliphatic carbocycles. The average Bonchev–Trinajstić information content (AvgIpc) is 3.40. The number of nitrogens with one attached hydrogen (secondary N) is 3. The molecule has 2 aromatic heterocycles. The van der Waals surface area contributed by atoms with Crippen LogP contribution in [0.4, 0.5) is 35.2 Å². The van der Waals surface area contributed by atoms with Crippen molar-refractivity contribution in [2.75, 3.05) is 29.3 Å². The number of rotatable bonds is 7. The van der Waals surface area contributed by atoms with Crippen molar-refractivity contribution in [3.63, 3.8) is 0 Å². The first-order valence-corrected chi connectivity index (χ1v) is 16.5. The summed E-state index contributed by atoms with van der Waals surface area (Å²) in [4.78, 5) is 31.7. The second kappa shape index (κ2) is 14.1. The normalized spacial score (nSPS) is 16.7. The van der Waals surface area contributed by atoms with Crippen molar-refractivity contribution < 1.29 is 45.0 Å². The molecule has 1 aliphatic heterocycles. The summed E-state index contributed by atoms with van der Waals surface area (Å²) in [5.74, 6) is -0.429.